The van der Waals surface area contributed by atoms with Crippen LogP contribution in [0.3, 0.4) is 0 Å². The molecule has 1 atom stereocenters. The topological polar surface area (TPSA) is 48.0 Å². The van der Waals surface area contributed by atoms with Crippen molar-refractivity contribution in [3.8, 4) is 5.75 Å². The quantitative estimate of drug-likeness (QED) is 0.746. The van der Waals surface area contributed by atoms with Gasteiger partial charge >= 0.3 is 0 Å². The average Bonchev–Trinajstić information content (AvgIpc) is 2.50. The highest BCUT2D eigenvalue weighted by molar-refractivity contribution is 5.80. The molecule has 1 fully saturated rings. The maximum absolute atomic E-state index is 11.1. The number of rotatable bonds is 6. The first-order valence-corrected chi connectivity index (χ1v) is 6.98. The molecule has 0 saturated carbocycles. The Balaban J connectivity index is 2.19. The number of carbonyl (C=O) groups is 1. The Morgan fingerprint density at radius 2 is 2.15 bits per heavy atom. The van der Waals surface area contributed by atoms with E-state index in [9.17, 15) is 4.79 Å². The summed E-state index contributed by atoms with van der Waals surface area (Å²) >= 11 is 0. The van der Waals surface area contributed by atoms with Crippen molar-refractivity contribution in [1.82, 2.24) is 0 Å². The van der Waals surface area contributed by atoms with Crippen molar-refractivity contribution in [2.45, 2.75) is 20.1 Å². The first-order valence-electron chi connectivity index (χ1n) is 6.98. The summed E-state index contributed by atoms with van der Waals surface area (Å²) < 4.78 is 16.5. The average molecular weight is 279 g/mol. The molecule has 0 aromatic heterocycles. The van der Waals surface area contributed by atoms with Crippen molar-refractivity contribution in [1.29, 1.82) is 0 Å². The second kappa shape index (κ2) is 7.26. The molecule has 0 aliphatic carbocycles. The van der Waals surface area contributed by atoms with Crippen LogP contribution in [0.4, 0.5) is 5.69 Å². The van der Waals surface area contributed by atoms with Crippen LogP contribution in [0.25, 0.3) is 0 Å². The van der Waals surface area contributed by atoms with Crippen molar-refractivity contribution in [3.05, 3.63) is 23.8 Å². The van der Waals surface area contributed by atoms with E-state index in [0.717, 1.165) is 25.1 Å². The molecule has 0 N–H and O–H groups in total. The molecule has 1 aliphatic heterocycles. The third-order valence-electron chi connectivity index (χ3n) is 3.30. The fraction of sp³-hybridized carbons (Fsp3) is 0.533. The molecule has 1 aromatic carbocycles. The second-order valence-corrected chi connectivity index (χ2v) is 4.51. The lowest BCUT2D eigenvalue weighted by atomic mass is 10.2. The molecule has 5 nitrogen and oxygen atoms in total. The van der Waals surface area contributed by atoms with Crippen LogP contribution in [0.5, 0.6) is 5.75 Å². The molecule has 1 aromatic rings. The fourth-order valence-corrected chi connectivity index (χ4v) is 2.18. The molecule has 1 saturated heterocycles. The third kappa shape index (κ3) is 3.49. The predicted octanol–water partition coefficient (Wildman–Crippen LogP) is 2.10. The van der Waals surface area contributed by atoms with Gasteiger partial charge in [-0.25, -0.2) is 0 Å². The van der Waals surface area contributed by atoms with Gasteiger partial charge in [0.05, 0.1) is 18.8 Å². The molecular weight excluding hydrogens is 258 g/mol. The van der Waals surface area contributed by atoms with Crippen molar-refractivity contribution < 1.29 is 19.0 Å². The van der Waals surface area contributed by atoms with Gasteiger partial charge in [-0.2, -0.15) is 0 Å². The Morgan fingerprint density at radius 3 is 2.75 bits per heavy atom. The molecule has 5 heteroatoms. The number of hydrogen-bond acceptors (Lipinski definition) is 5. The summed E-state index contributed by atoms with van der Waals surface area (Å²) in [5, 5.41) is 0. The molecule has 1 unspecified atom stereocenters. The normalized spacial score (nSPS) is 18.6. The van der Waals surface area contributed by atoms with Crippen molar-refractivity contribution in [3.63, 3.8) is 0 Å². The van der Waals surface area contributed by atoms with Gasteiger partial charge in [0.1, 0.15) is 12.4 Å². The Bertz CT molecular complexity index is 439. The van der Waals surface area contributed by atoms with Gasteiger partial charge < -0.3 is 19.1 Å². The number of nitrogens with zero attached hydrogens (tertiary/aromatic N) is 1. The minimum absolute atomic E-state index is 0.383. The zero-order valence-electron chi connectivity index (χ0n) is 12.0. The van der Waals surface area contributed by atoms with Gasteiger partial charge in [-0.3, -0.25) is 4.79 Å². The van der Waals surface area contributed by atoms with E-state index in [0.29, 0.717) is 31.1 Å². The smallest absolute Gasteiger partial charge is 0.223 e. The van der Waals surface area contributed by atoms with E-state index in [4.69, 9.17) is 14.2 Å². The zero-order valence-corrected chi connectivity index (χ0v) is 12.0. The van der Waals surface area contributed by atoms with E-state index in [1.807, 2.05) is 12.1 Å². The summed E-state index contributed by atoms with van der Waals surface area (Å²) in [5.41, 5.74) is 1.56. The van der Waals surface area contributed by atoms with E-state index in [1.165, 1.54) is 0 Å². The molecule has 1 aliphatic rings. The first kappa shape index (κ1) is 14.8. The highest BCUT2D eigenvalue weighted by Gasteiger charge is 2.18. The second-order valence-electron chi connectivity index (χ2n) is 4.51. The maximum atomic E-state index is 11.1. The van der Waals surface area contributed by atoms with E-state index >= 15 is 0 Å². The van der Waals surface area contributed by atoms with Crippen molar-refractivity contribution >= 4 is 12.0 Å². The summed E-state index contributed by atoms with van der Waals surface area (Å²) in [4.78, 5) is 13.3. The van der Waals surface area contributed by atoms with E-state index in [2.05, 4.69) is 18.7 Å². The van der Waals surface area contributed by atoms with Crippen LogP contribution in [0, 0.1) is 0 Å². The molecule has 0 radical (unpaired) electrons. The lowest BCUT2D eigenvalue weighted by molar-refractivity contribution is -0.170. The van der Waals surface area contributed by atoms with E-state index in [1.54, 1.807) is 6.07 Å². The first-order chi connectivity index (χ1) is 9.78. The van der Waals surface area contributed by atoms with Crippen LogP contribution in [-0.4, -0.2) is 45.5 Å². The fourth-order valence-electron chi connectivity index (χ4n) is 2.18. The molecule has 0 amide bonds. The van der Waals surface area contributed by atoms with Crippen LogP contribution in [-0.2, 0) is 9.47 Å². The van der Waals surface area contributed by atoms with Crippen LogP contribution < -0.4 is 9.64 Å². The van der Waals surface area contributed by atoms with Crippen molar-refractivity contribution in [2.75, 3.05) is 37.8 Å². The number of benzene rings is 1. The summed E-state index contributed by atoms with van der Waals surface area (Å²) in [7, 11) is 0. The van der Waals surface area contributed by atoms with Crippen molar-refractivity contribution in [2.24, 2.45) is 0 Å². The number of aldehydes is 1. The van der Waals surface area contributed by atoms with Crippen LogP contribution in [0.1, 0.15) is 24.2 Å². The standard InChI is InChI=1S/C15H21NO4/c1-3-16(4-2)13-6-5-12(10-17)14(9-13)20-15-11-18-7-8-19-15/h5-6,9-10,15H,3-4,7-8,11H2,1-2H3. The van der Waals surface area contributed by atoms with Gasteiger partial charge in [-0.1, -0.05) is 0 Å². The Labute approximate surface area is 119 Å². The van der Waals surface area contributed by atoms with Gasteiger partial charge in [-0.05, 0) is 26.0 Å². The molecule has 2 rings (SSSR count). The van der Waals surface area contributed by atoms with Gasteiger partial charge in [0.2, 0.25) is 6.29 Å². The number of hydrogen-bond donors (Lipinski definition) is 0. The summed E-state index contributed by atoms with van der Waals surface area (Å²) in [5.74, 6) is 0.542. The monoisotopic (exact) mass is 279 g/mol. The minimum atomic E-state index is -0.450. The SMILES string of the molecule is CCN(CC)c1ccc(C=O)c(OC2COCCO2)c1. The molecule has 0 spiro atoms. The minimum Gasteiger partial charge on any atom is -0.462 e. The largest absolute Gasteiger partial charge is 0.462 e. The highest BCUT2D eigenvalue weighted by Crippen LogP contribution is 2.26. The lowest BCUT2D eigenvalue weighted by Gasteiger charge is -2.26. The van der Waals surface area contributed by atoms with E-state index in [-0.39, 0.29) is 0 Å². The summed E-state index contributed by atoms with van der Waals surface area (Å²) in [6.07, 6.45) is 0.347. The lowest BCUT2D eigenvalue weighted by Crippen LogP contribution is -2.33. The Kier molecular flexibility index (Phi) is 5.38. The maximum Gasteiger partial charge on any atom is 0.223 e. The van der Waals surface area contributed by atoms with Gasteiger partial charge in [0.15, 0.2) is 6.29 Å². The molecule has 110 valence electrons. The van der Waals surface area contributed by atoms with Gasteiger partial charge in [0, 0.05) is 24.8 Å². The number of carbonyl (C=O) groups excluding carboxylic acids is 1. The highest BCUT2D eigenvalue weighted by atomic mass is 16.7. The Morgan fingerprint density at radius 1 is 1.35 bits per heavy atom. The van der Waals surface area contributed by atoms with E-state index < -0.39 is 6.29 Å². The van der Waals surface area contributed by atoms with Crippen LogP contribution in [0.15, 0.2) is 18.2 Å². The Hall–Kier alpha value is -1.59. The molecule has 0 bridgehead atoms. The number of ether oxygens (including phenoxy) is 3. The van der Waals surface area contributed by atoms with Gasteiger partial charge in [-0.15, -0.1) is 0 Å². The third-order valence-corrected chi connectivity index (χ3v) is 3.30. The van der Waals surface area contributed by atoms with Crippen LogP contribution in [0.2, 0.25) is 0 Å². The molecule has 20 heavy (non-hydrogen) atoms. The molecule has 1 heterocycles. The summed E-state index contributed by atoms with van der Waals surface area (Å²) in [6, 6.07) is 5.59. The zero-order chi connectivity index (χ0) is 14.4. The van der Waals surface area contributed by atoms with Crippen LogP contribution >= 0.6 is 0 Å². The predicted molar refractivity (Wildman–Crippen MR) is 76.6 cm³/mol. The van der Waals surface area contributed by atoms with Gasteiger partial charge in [0.25, 0.3) is 0 Å². The molecular formula is C15H21NO4. The summed E-state index contributed by atoms with van der Waals surface area (Å²) in [6.45, 7) is 7.47. The number of anilines is 1.